The number of hydrogen-bond acceptors (Lipinski definition) is 4. The van der Waals surface area contributed by atoms with Gasteiger partial charge in [-0.2, -0.15) is 4.31 Å². The fourth-order valence-electron chi connectivity index (χ4n) is 2.82. The van der Waals surface area contributed by atoms with Crippen LogP contribution in [-0.2, 0) is 10.0 Å². The molecule has 2 aliphatic heterocycles. The van der Waals surface area contributed by atoms with E-state index in [1.54, 1.807) is 11.8 Å². The Hall–Kier alpha value is -0.310. The van der Waals surface area contributed by atoms with E-state index in [1.165, 1.54) is 4.31 Å². The predicted molar refractivity (Wildman–Crippen MR) is 71.2 cm³/mol. The second kappa shape index (κ2) is 5.47. The molecule has 2 heterocycles. The highest BCUT2D eigenvalue weighted by Gasteiger charge is 2.43. The molecule has 2 fully saturated rings. The first-order chi connectivity index (χ1) is 9.16. The van der Waals surface area contributed by atoms with Gasteiger partial charge in [0.05, 0.1) is 11.4 Å². The highest BCUT2D eigenvalue weighted by molar-refractivity contribution is 7.89. The Labute approximate surface area is 118 Å². The first-order valence-corrected chi connectivity index (χ1v) is 8.57. The quantitative estimate of drug-likeness (QED) is 0.821. The molecule has 0 radical (unpaired) electrons. The van der Waals surface area contributed by atoms with Crippen molar-refractivity contribution in [2.24, 2.45) is 0 Å². The van der Waals surface area contributed by atoms with Crippen LogP contribution in [0, 0.1) is 0 Å². The van der Waals surface area contributed by atoms with E-state index in [4.69, 9.17) is 0 Å². The summed E-state index contributed by atoms with van der Waals surface area (Å²) < 4.78 is 51.0. The van der Waals surface area contributed by atoms with E-state index >= 15 is 0 Å². The topological polar surface area (TPSA) is 60.9 Å². The zero-order chi connectivity index (χ0) is 15.0. The van der Waals surface area contributed by atoms with Gasteiger partial charge in [0.2, 0.25) is 10.0 Å². The molecule has 0 unspecified atom stereocenters. The average molecular weight is 312 g/mol. The molecule has 2 rings (SSSR count). The van der Waals surface area contributed by atoms with Crippen molar-refractivity contribution in [3.05, 3.63) is 0 Å². The molecule has 0 spiro atoms. The zero-order valence-electron chi connectivity index (χ0n) is 11.7. The third-order valence-electron chi connectivity index (χ3n) is 4.16. The summed E-state index contributed by atoms with van der Waals surface area (Å²) in [7, 11) is -3.29. The molecule has 118 valence electrons. The Bertz CT molecular complexity index is 448. The van der Waals surface area contributed by atoms with Gasteiger partial charge in [0.1, 0.15) is 0 Å². The van der Waals surface area contributed by atoms with Gasteiger partial charge in [-0.05, 0) is 13.3 Å². The minimum atomic E-state index is -3.29. The van der Waals surface area contributed by atoms with E-state index in [0.717, 1.165) is 0 Å². The molecule has 2 aliphatic rings. The number of aliphatic hydroxyl groups is 1. The van der Waals surface area contributed by atoms with E-state index < -0.39 is 21.5 Å². The summed E-state index contributed by atoms with van der Waals surface area (Å²) in [5, 5.41) is 10.5. The van der Waals surface area contributed by atoms with Crippen LogP contribution < -0.4 is 0 Å². The van der Waals surface area contributed by atoms with Crippen molar-refractivity contribution >= 4 is 10.0 Å². The van der Waals surface area contributed by atoms with Crippen LogP contribution in [0.5, 0.6) is 0 Å². The smallest absolute Gasteiger partial charge is 0.250 e. The Morgan fingerprint density at radius 3 is 2.30 bits per heavy atom. The number of likely N-dealkylation sites (tertiary alicyclic amines) is 1. The van der Waals surface area contributed by atoms with Crippen molar-refractivity contribution in [1.82, 2.24) is 9.21 Å². The Morgan fingerprint density at radius 1 is 1.15 bits per heavy atom. The van der Waals surface area contributed by atoms with Gasteiger partial charge in [-0.1, -0.05) is 0 Å². The number of β-amino-alcohol motifs (C(OH)–C–C–N with tert-alkyl or cyclic N) is 1. The van der Waals surface area contributed by atoms with Crippen LogP contribution in [0.3, 0.4) is 0 Å². The zero-order valence-corrected chi connectivity index (χ0v) is 12.5. The molecule has 0 aromatic carbocycles. The number of alkyl halides is 2. The normalized spacial score (nSPS) is 32.6. The molecule has 20 heavy (non-hydrogen) atoms. The molecular weight excluding hydrogens is 290 g/mol. The molecule has 0 aliphatic carbocycles. The molecule has 0 amide bonds. The highest BCUT2D eigenvalue weighted by atomic mass is 32.2. The molecule has 1 atom stereocenters. The Morgan fingerprint density at radius 2 is 1.75 bits per heavy atom. The molecule has 0 saturated carbocycles. The van der Waals surface area contributed by atoms with E-state index in [1.807, 2.05) is 0 Å². The largest absolute Gasteiger partial charge is 0.387 e. The van der Waals surface area contributed by atoms with Crippen LogP contribution in [0.4, 0.5) is 8.78 Å². The number of piperidine rings is 1. The summed E-state index contributed by atoms with van der Waals surface area (Å²) in [5.41, 5.74) is -1.12. The summed E-state index contributed by atoms with van der Waals surface area (Å²) in [6.45, 7) is 2.69. The van der Waals surface area contributed by atoms with Crippen molar-refractivity contribution in [1.29, 1.82) is 0 Å². The van der Waals surface area contributed by atoms with E-state index in [0.29, 0.717) is 13.0 Å². The number of rotatable bonds is 4. The van der Waals surface area contributed by atoms with Gasteiger partial charge in [-0.15, -0.1) is 0 Å². The molecule has 8 heteroatoms. The SMILES string of the molecule is CCS(=O)(=O)N1CC[C@@](O)(CN2CCC(F)(F)CC2)C1. The van der Waals surface area contributed by atoms with Gasteiger partial charge >= 0.3 is 0 Å². The van der Waals surface area contributed by atoms with Crippen LogP contribution >= 0.6 is 0 Å². The van der Waals surface area contributed by atoms with Gasteiger partial charge < -0.3 is 5.11 Å². The predicted octanol–water partition coefficient (Wildman–Crippen LogP) is 0.504. The van der Waals surface area contributed by atoms with Crippen molar-refractivity contribution in [3.8, 4) is 0 Å². The van der Waals surface area contributed by atoms with Gasteiger partial charge in [0.25, 0.3) is 5.92 Å². The lowest BCUT2D eigenvalue weighted by molar-refractivity contribution is -0.0716. The van der Waals surface area contributed by atoms with Crippen molar-refractivity contribution < 1.29 is 22.3 Å². The van der Waals surface area contributed by atoms with Gasteiger partial charge in [0.15, 0.2) is 0 Å². The van der Waals surface area contributed by atoms with Gasteiger partial charge in [-0.3, -0.25) is 4.90 Å². The average Bonchev–Trinajstić information content (AvgIpc) is 2.75. The number of hydrogen-bond donors (Lipinski definition) is 1. The lowest BCUT2D eigenvalue weighted by Gasteiger charge is -2.36. The summed E-state index contributed by atoms with van der Waals surface area (Å²) in [6, 6.07) is 0. The number of sulfonamides is 1. The van der Waals surface area contributed by atoms with Gasteiger partial charge in [-0.25, -0.2) is 17.2 Å². The lowest BCUT2D eigenvalue weighted by atomic mass is 10.00. The van der Waals surface area contributed by atoms with Crippen LogP contribution in [0.15, 0.2) is 0 Å². The van der Waals surface area contributed by atoms with Crippen molar-refractivity contribution in [3.63, 3.8) is 0 Å². The monoisotopic (exact) mass is 312 g/mol. The molecule has 5 nitrogen and oxygen atoms in total. The van der Waals surface area contributed by atoms with Crippen LogP contribution in [-0.4, -0.2) is 72.7 Å². The second-order valence-electron chi connectivity index (χ2n) is 5.84. The molecule has 0 aromatic rings. The molecule has 0 bridgehead atoms. The number of nitrogens with zero attached hydrogens (tertiary/aromatic N) is 2. The summed E-state index contributed by atoms with van der Waals surface area (Å²) in [6.07, 6.45) is -0.0285. The number of halogens is 2. The van der Waals surface area contributed by atoms with Crippen LogP contribution in [0.2, 0.25) is 0 Å². The van der Waals surface area contributed by atoms with Crippen molar-refractivity contribution in [2.75, 3.05) is 38.5 Å². The summed E-state index contributed by atoms with van der Waals surface area (Å²) >= 11 is 0. The first kappa shape index (κ1) is 16.1. The highest BCUT2D eigenvalue weighted by Crippen LogP contribution is 2.30. The van der Waals surface area contributed by atoms with E-state index in [-0.39, 0.29) is 44.8 Å². The van der Waals surface area contributed by atoms with Crippen LogP contribution in [0.1, 0.15) is 26.2 Å². The maximum atomic E-state index is 13.1. The standard InChI is InChI=1S/C12H22F2N2O3S/c1-2-20(18,19)16-8-3-11(17,10-16)9-15-6-4-12(13,14)5-7-15/h17H,2-10H2,1H3/t11-/m1/s1. The first-order valence-electron chi connectivity index (χ1n) is 6.96. The fraction of sp³-hybridized carbons (Fsp3) is 1.00. The molecular formula is C12H22F2N2O3S. The van der Waals surface area contributed by atoms with E-state index in [9.17, 15) is 22.3 Å². The maximum absolute atomic E-state index is 13.1. The van der Waals surface area contributed by atoms with Crippen LogP contribution in [0.25, 0.3) is 0 Å². The molecule has 2 saturated heterocycles. The summed E-state index contributed by atoms with van der Waals surface area (Å²) in [5.74, 6) is -2.59. The van der Waals surface area contributed by atoms with Gasteiger partial charge in [0, 0.05) is 45.6 Å². The third kappa shape index (κ3) is 3.66. The lowest BCUT2D eigenvalue weighted by Crippen LogP contribution is -2.49. The van der Waals surface area contributed by atoms with Crippen molar-refractivity contribution in [2.45, 2.75) is 37.7 Å². The Kier molecular flexibility index (Phi) is 4.40. The molecule has 1 N–H and O–H groups in total. The minimum absolute atomic E-state index is 0.0129. The second-order valence-corrected chi connectivity index (χ2v) is 8.10. The third-order valence-corrected chi connectivity index (χ3v) is 5.99. The Balaban J connectivity index is 1.91. The molecule has 0 aromatic heterocycles. The van der Waals surface area contributed by atoms with E-state index in [2.05, 4.69) is 0 Å². The maximum Gasteiger partial charge on any atom is 0.250 e. The minimum Gasteiger partial charge on any atom is -0.387 e. The summed E-state index contributed by atoms with van der Waals surface area (Å²) in [4.78, 5) is 1.81. The fourth-order valence-corrected chi connectivity index (χ4v) is 3.99.